The van der Waals surface area contributed by atoms with Crippen LogP contribution in [-0.4, -0.2) is 4.98 Å². The number of hydrogen-bond donors (Lipinski definition) is 0. The topological polar surface area (TPSA) is 26.0 Å². The molecule has 0 radical (unpaired) electrons. The van der Waals surface area contributed by atoms with E-state index >= 15 is 0 Å². The molecule has 148 valence electrons. The molecule has 0 N–H and O–H groups in total. The van der Waals surface area contributed by atoms with Gasteiger partial charge in [-0.25, -0.2) is 0 Å². The minimum atomic E-state index is 0.0591. The third-order valence-electron chi connectivity index (χ3n) is 5.91. The first-order valence-electron chi connectivity index (χ1n) is 10.1. The normalized spacial score (nSPS) is 12.7. The average molecular weight is 428 g/mol. The van der Waals surface area contributed by atoms with Crippen molar-refractivity contribution in [1.82, 2.24) is 4.98 Å². The first kappa shape index (κ1) is 18.1. The van der Waals surface area contributed by atoms with Crippen molar-refractivity contribution < 1.29 is 4.42 Å². The molecule has 0 aliphatic heterocycles. The predicted molar refractivity (Wildman–Crippen MR) is 131 cm³/mol. The Morgan fingerprint density at radius 2 is 1.73 bits per heavy atom. The Bertz CT molecular complexity index is 1590. The van der Waals surface area contributed by atoms with E-state index in [0.29, 0.717) is 0 Å². The Labute approximate surface area is 182 Å². The third-order valence-corrected chi connectivity index (χ3v) is 8.01. The summed E-state index contributed by atoms with van der Waals surface area (Å²) in [6.45, 7) is 9.02. The van der Waals surface area contributed by atoms with Crippen LogP contribution in [0.3, 0.4) is 0 Å². The van der Waals surface area contributed by atoms with Gasteiger partial charge in [-0.2, -0.15) is 0 Å². The van der Waals surface area contributed by atoms with Gasteiger partial charge in [-0.3, -0.25) is 4.98 Å². The van der Waals surface area contributed by atoms with Crippen LogP contribution >= 0.6 is 22.7 Å². The Kier molecular flexibility index (Phi) is 3.72. The average Bonchev–Trinajstić information content (AvgIpc) is 3.42. The predicted octanol–water partition coefficient (Wildman–Crippen LogP) is 8.68. The van der Waals surface area contributed by atoms with Gasteiger partial charge in [0.2, 0.25) is 0 Å². The van der Waals surface area contributed by atoms with Crippen LogP contribution in [0.15, 0.2) is 57.8 Å². The molecule has 4 heteroatoms. The standard InChI is InChI=1S/C26H21NOS2/c1-14-13-30-25-17(14)5-6-19-22(25)21-20(28-19)7-9-27-23(21)16-11-15-8-10-29-24(15)18(12-16)26(2,3)4/h5-13H,1-4H3. The van der Waals surface area contributed by atoms with E-state index in [2.05, 4.69) is 68.8 Å². The van der Waals surface area contributed by atoms with Crippen LogP contribution in [-0.2, 0) is 5.41 Å². The van der Waals surface area contributed by atoms with E-state index in [9.17, 15) is 0 Å². The molecule has 2 aromatic carbocycles. The molecular formula is C26H21NOS2. The Hall–Kier alpha value is -2.69. The molecule has 0 spiro atoms. The van der Waals surface area contributed by atoms with Gasteiger partial charge in [0.25, 0.3) is 0 Å². The lowest BCUT2D eigenvalue weighted by molar-refractivity contribution is 0.597. The van der Waals surface area contributed by atoms with E-state index in [1.807, 2.05) is 23.6 Å². The molecule has 0 atom stereocenters. The quantitative estimate of drug-likeness (QED) is 0.262. The molecule has 0 aliphatic carbocycles. The summed E-state index contributed by atoms with van der Waals surface area (Å²) in [5.74, 6) is 0. The maximum atomic E-state index is 6.27. The highest BCUT2D eigenvalue weighted by Gasteiger charge is 2.22. The zero-order chi connectivity index (χ0) is 20.6. The van der Waals surface area contributed by atoms with Crippen molar-refractivity contribution in [3.63, 3.8) is 0 Å². The summed E-state index contributed by atoms with van der Waals surface area (Å²) >= 11 is 3.61. The largest absolute Gasteiger partial charge is 0.456 e. The van der Waals surface area contributed by atoms with Gasteiger partial charge in [-0.1, -0.05) is 20.8 Å². The number of benzene rings is 2. The van der Waals surface area contributed by atoms with Crippen LogP contribution in [0.25, 0.3) is 53.4 Å². The van der Waals surface area contributed by atoms with Crippen LogP contribution in [0.1, 0.15) is 31.9 Å². The molecule has 0 unspecified atom stereocenters. The second-order valence-corrected chi connectivity index (χ2v) is 10.8. The Morgan fingerprint density at radius 3 is 2.57 bits per heavy atom. The van der Waals surface area contributed by atoms with Crippen molar-refractivity contribution >= 4 is 64.8 Å². The van der Waals surface area contributed by atoms with Gasteiger partial charge in [0.15, 0.2) is 0 Å². The molecule has 6 aromatic rings. The van der Waals surface area contributed by atoms with E-state index in [0.717, 1.165) is 27.8 Å². The number of nitrogens with zero attached hydrogens (tertiary/aromatic N) is 1. The summed E-state index contributed by atoms with van der Waals surface area (Å²) in [6, 6.07) is 13.1. The number of aromatic nitrogens is 1. The number of furan rings is 1. The van der Waals surface area contributed by atoms with Gasteiger partial charge >= 0.3 is 0 Å². The van der Waals surface area contributed by atoms with Crippen LogP contribution in [0.2, 0.25) is 0 Å². The van der Waals surface area contributed by atoms with Crippen LogP contribution in [0.4, 0.5) is 0 Å². The van der Waals surface area contributed by atoms with E-state index in [-0.39, 0.29) is 5.41 Å². The molecule has 0 aliphatic rings. The minimum absolute atomic E-state index is 0.0591. The zero-order valence-corrected chi connectivity index (χ0v) is 19.0. The summed E-state index contributed by atoms with van der Waals surface area (Å²) in [6.07, 6.45) is 1.87. The van der Waals surface area contributed by atoms with Crippen molar-refractivity contribution in [3.05, 3.63) is 64.5 Å². The van der Waals surface area contributed by atoms with Crippen molar-refractivity contribution in [2.75, 3.05) is 0 Å². The maximum absolute atomic E-state index is 6.27. The van der Waals surface area contributed by atoms with Crippen molar-refractivity contribution in [3.8, 4) is 11.3 Å². The number of hydrogen-bond acceptors (Lipinski definition) is 4. The first-order chi connectivity index (χ1) is 14.4. The second-order valence-electron chi connectivity index (χ2n) is 8.98. The SMILES string of the molecule is Cc1csc2c1ccc1oc3ccnc(-c4cc(C(C)(C)C)c5sccc5c4)c3c12. The lowest BCUT2D eigenvalue weighted by atomic mass is 9.85. The molecule has 4 heterocycles. The number of fused-ring (bicyclic) bond motifs is 6. The zero-order valence-electron chi connectivity index (χ0n) is 17.4. The van der Waals surface area contributed by atoms with Gasteiger partial charge in [-0.05, 0) is 81.4 Å². The summed E-state index contributed by atoms with van der Waals surface area (Å²) in [7, 11) is 0. The lowest BCUT2D eigenvalue weighted by Gasteiger charge is -2.21. The molecule has 0 saturated carbocycles. The highest BCUT2D eigenvalue weighted by molar-refractivity contribution is 7.18. The number of rotatable bonds is 1. The highest BCUT2D eigenvalue weighted by Crippen LogP contribution is 2.43. The molecule has 0 amide bonds. The van der Waals surface area contributed by atoms with Gasteiger partial charge < -0.3 is 4.42 Å². The molecule has 0 bridgehead atoms. The fourth-order valence-corrected chi connectivity index (χ4v) is 6.62. The molecular weight excluding hydrogens is 406 g/mol. The van der Waals surface area contributed by atoms with E-state index in [1.54, 1.807) is 11.3 Å². The lowest BCUT2D eigenvalue weighted by Crippen LogP contribution is -2.11. The number of pyridine rings is 1. The number of aryl methyl sites for hydroxylation is 1. The van der Waals surface area contributed by atoms with Gasteiger partial charge in [0.05, 0.1) is 11.1 Å². The summed E-state index contributed by atoms with van der Waals surface area (Å²) < 4.78 is 8.92. The van der Waals surface area contributed by atoms with Crippen LogP contribution < -0.4 is 0 Å². The highest BCUT2D eigenvalue weighted by atomic mass is 32.1. The smallest absolute Gasteiger partial charge is 0.139 e. The fraction of sp³-hybridized carbons (Fsp3) is 0.192. The number of thiophene rings is 2. The van der Waals surface area contributed by atoms with E-state index < -0.39 is 0 Å². The van der Waals surface area contributed by atoms with E-state index in [4.69, 9.17) is 9.40 Å². The maximum Gasteiger partial charge on any atom is 0.139 e. The summed E-state index contributed by atoms with van der Waals surface area (Å²) in [5.41, 5.74) is 6.73. The van der Waals surface area contributed by atoms with Crippen molar-refractivity contribution in [2.24, 2.45) is 0 Å². The van der Waals surface area contributed by atoms with E-state index in [1.165, 1.54) is 36.7 Å². The van der Waals surface area contributed by atoms with Gasteiger partial charge in [0, 0.05) is 26.5 Å². The van der Waals surface area contributed by atoms with Gasteiger partial charge in [-0.15, -0.1) is 22.7 Å². The first-order valence-corrected chi connectivity index (χ1v) is 11.9. The third kappa shape index (κ3) is 2.50. The minimum Gasteiger partial charge on any atom is -0.456 e. The second kappa shape index (κ2) is 6.16. The van der Waals surface area contributed by atoms with Crippen LogP contribution in [0.5, 0.6) is 0 Å². The molecule has 4 aromatic heterocycles. The van der Waals surface area contributed by atoms with Crippen molar-refractivity contribution in [2.45, 2.75) is 33.1 Å². The van der Waals surface area contributed by atoms with Crippen molar-refractivity contribution in [1.29, 1.82) is 0 Å². The van der Waals surface area contributed by atoms with Gasteiger partial charge in [0.1, 0.15) is 11.2 Å². The molecule has 0 fully saturated rings. The molecule has 0 saturated heterocycles. The van der Waals surface area contributed by atoms with Crippen LogP contribution in [0, 0.1) is 6.92 Å². The Morgan fingerprint density at radius 1 is 0.900 bits per heavy atom. The Balaban J connectivity index is 1.76. The molecule has 6 rings (SSSR count). The molecule has 2 nitrogen and oxygen atoms in total. The monoisotopic (exact) mass is 427 g/mol. The molecule has 30 heavy (non-hydrogen) atoms. The summed E-state index contributed by atoms with van der Waals surface area (Å²) in [4.78, 5) is 4.88. The fourth-order valence-electron chi connectivity index (χ4n) is 4.41. The summed E-state index contributed by atoms with van der Waals surface area (Å²) in [5, 5.41) is 9.30.